The first-order valence-electron chi connectivity index (χ1n) is 13.0. The summed E-state index contributed by atoms with van der Waals surface area (Å²) in [4.78, 5) is 21.9. The maximum atomic E-state index is 16.0. The van der Waals surface area contributed by atoms with Gasteiger partial charge in [0, 0.05) is 54.3 Å². The van der Waals surface area contributed by atoms with Gasteiger partial charge in [0.15, 0.2) is 0 Å². The summed E-state index contributed by atoms with van der Waals surface area (Å²) in [6.07, 6.45) is 4.32. The molecule has 8 nitrogen and oxygen atoms in total. The van der Waals surface area contributed by atoms with Gasteiger partial charge in [-0.2, -0.15) is 0 Å². The number of carbonyl (C=O) groups excluding carboxylic acids is 1. The second kappa shape index (κ2) is 9.73. The fraction of sp³-hybridized carbons (Fsp3) is 0.500. The van der Waals surface area contributed by atoms with Crippen LogP contribution in [0.25, 0.3) is 22.2 Å². The first-order chi connectivity index (χ1) is 18.0. The molecule has 2 saturated heterocycles. The van der Waals surface area contributed by atoms with E-state index in [0.29, 0.717) is 64.8 Å². The minimum absolute atomic E-state index is 0.153. The highest BCUT2D eigenvalue weighted by atomic mass is 32.2. The summed E-state index contributed by atoms with van der Waals surface area (Å²) in [7, 11) is -1.66. The summed E-state index contributed by atoms with van der Waals surface area (Å²) in [5.74, 6) is -1.18. The van der Waals surface area contributed by atoms with Gasteiger partial charge in [-0.3, -0.25) is 4.90 Å². The molecule has 0 amide bonds. The van der Waals surface area contributed by atoms with Gasteiger partial charge in [-0.1, -0.05) is 19.9 Å². The Bertz CT molecular complexity index is 1450. The van der Waals surface area contributed by atoms with Crippen molar-refractivity contribution in [1.29, 1.82) is 0 Å². The van der Waals surface area contributed by atoms with E-state index in [-0.39, 0.29) is 29.4 Å². The van der Waals surface area contributed by atoms with E-state index in [9.17, 15) is 18.3 Å². The Kier molecular flexibility index (Phi) is 6.86. The van der Waals surface area contributed by atoms with Gasteiger partial charge in [-0.05, 0) is 48.6 Å². The molecule has 3 aromatic rings. The molecular formula is C28H34FN3O5S. The van der Waals surface area contributed by atoms with Gasteiger partial charge in [0.2, 0.25) is 0 Å². The molecule has 0 bridgehead atoms. The van der Waals surface area contributed by atoms with Crippen LogP contribution in [-0.4, -0.2) is 72.1 Å². The molecule has 2 N–H and O–H groups in total. The van der Waals surface area contributed by atoms with Crippen LogP contribution >= 0.6 is 0 Å². The molecule has 38 heavy (non-hydrogen) atoms. The van der Waals surface area contributed by atoms with Crippen molar-refractivity contribution in [2.75, 3.05) is 31.7 Å². The predicted molar refractivity (Wildman–Crippen MR) is 143 cm³/mol. The topological polar surface area (TPSA) is 113 Å². The van der Waals surface area contributed by atoms with Crippen LogP contribution in [0.2, 0.25) is 0 Å². The number of carbonyl (C=O) groups is 1. The summed E-state index contributed by atoms with van der Waals surface area (Å²) in [6, 6.07) is 5.15. The number of nitrogens with one attached hydrogen (secondary N) is 1. The quantitative estimate of drug-likeness (QED) is 0.481. The van der Waals surface area contributed by atoms with Crippen molar-refractivity contribution >= 4 is 26.8 Å². The summed E-state index contributed by atoms with van der Waals surface area (Å²) >= 11 is 0. The summed E-state index contributed by atoms with van der Waals surface area (Å²) < 4.78 is 44.7. The van der Waals surface area contributed by atoms with Gasteiger partial charge < -0.3 is 14.8 Å². The SMILES string of the molecule is COC(=O)c1c[nH]c2nccc(-c3cc(C)c(C4(O)[C@H](C)CN(C5CCS(=O)(=O)CC5)C[C@@H]4C)c(F)c3)c12. The number of aromatic nitrogens is 2. The lowest BCUT2D eigenvalue weighted by atomic mass is 9.68. The number of nitrogens with zero attached hydrogens (tertiary/aromatic N) is 2. The average Bonchev–Trinajstić information content (AvgIpc) is 3.30. The molecule has 1 unspecified atom stereocenters. The fourth-order valence-electron chi connectivity index (χ4n) is 6.55. The zero-order valence-electron chi connectivity index (χ0n) is 22.1. The number of ether oxygens (including phenoxy) is 1. The van der Waals surface area contributed by atoms with Crippen LogP contribution in [0.3, 0.4) is 0 Å². The number of aromatic amines is 1. The minimum atomic E-state index is -2.96. The van der Waals surface area contributed by atoms with E-state index in [1.165, 1.54) is 19.4 Å². The first kappa shape index (κ1) is 26.8. The molecule has 204 valence electrons. The van der Waals surface area contributed by atoms with Crippen LogP contribution in [0.4, 0.5) is 4.39 Å². The molecule has 5 rings (SSSR count). The van der Waals surface area contributed by atoms with Crippen LogP contribution < -0.4 is 0 Å². The van der Waals surface area contributed by atoms with Crippen molar-refractivity contribution in [3.05, 3.63) is 53.1 Å². The molecule has 0 saturated carbocycles. The van der Waals surface area contributed by atoms with E-state index in [1.807, 2.05) is 19.9 Å². The highest BCUT2D eigenvalue weighted by molar-refractivity contribution is 7.91. The van der Waals surface area contributed by atoms with Crippen molar-refractivity contribution in [3.8, 4) is 11.1 Å². The monoisotopic (exact) mass is 543 g/mol. The van der Waals surface area contributed by atoms with E-state index in [1.54, 1.807) is 19.2 Å². The molecule has 1 aromatic carbocycles. The third-order valence-corrected chi connectivity index (χ3v) is 10.3. The Morgan fingerprint density at radius 3 is 2.47 bits per heavy atom. The Morgan fingerprint density at radius 2 is 1.87 bits per heavy atom. The lowest BCUT2D eigenvalue weighted by Gasteiger charge is -2.51. The summed E-state index contributed by atoms with van der Waals surface area (Å²) in [6.45, 7) is 6.79. The van der Waals surface area contributed by atoms with Gasteiger partial charge in [0.1, 0.15) is 26.9 Å². The maximum absolute atomic E-state index is 16.0. The van der Waals surface area contributed by atoms with E-state index < -0.39 is 27.2 Å². The number of piperidine rings is 1. The molecule has 2 aliphatic rings. The van der Waals surface area contributed by atoms with Gasteiger partial charge in [0.25, 0.3) is 0 Å². The van der Waals surface area contributed by atoms with E-state index in [2.05, 4.69) is 14.9 Å². The first-order valence-corrected chi connectivity index (χ1v) is 14.8. The number of H-pyrrole nitrogens is 1. The number of fused-ring (bicyclic) bond motifs is 1. The predicted octanol–water partition coefficient (Wildman–Crippen LogP) is 3.82. The number of likely N-dealkylation sites (tertiary alicyclic amines) is 1. The molecule has 2 aliphatic heterocycles. The van der Waals surface area contributed by atoms with Gasteiger partial charge >= 0.3 is 5.97 Å². The Balaban J connectivity index is 1.49. The van der Waals surface area contributed by atoms with E-state index >= 15 is 4.39 Å². The number of sulfone groups is 1. The van der Waals surface area contributed by atoms with Crippen LogP contribution in [0.1, 0.15) is 48.2 Å². The lowest BCUT2D eigenvalue weighted by Crippen LogP contribution is -2.58. The number of hydrogen-bond donors (Lipinski definition) is 2. The number of aliphatic hydroxyl groups is 1. The van der Waals surface area contributed by atoms with Gasteiger partial charge in [-0.25, -0.2) is 22.6 Å². The smallest absolute Gasteiger partial charge is 0.340 e. The Hall–Kier alpha value is -2.82. The Morgan fingerprint density at radius 1 is 1.21 bits per heavy atom. The van der Waals surface area contributed by atoms with E-state index in [4.69, 9.17) is 4.74 Å². The van der Waals surface area contributed by atoms with Crippen molar-refractivity contribution in [1.82, 2.24) is 14.9 Å². The molecule has 0 spiro atoms. The third kappa shape index (κ3) is 4.42. The largest absolute Gasteiger partial charge is 0.465 e. The summed E-state index contributed by atoms with van der Waals surface area (Å²) in [5.41, 5.74) is 1.55. The average molecular weight is 544 g/mol. The molecule has 2 aromatic heterocycles. The minimum Gasteiger partial charge on any atom is -0.465 e. The third-order valence-electron chi connectivity index (χ3n) is 8.54. The van der Waals surface area contributed by atoms with Crippen molar-refractivity contribution in [2.45, 2.75) is 45.3 Å². The number of pyridine rings is 1. The lowest BCUT2D eigenvalue weighted by molar-refractivity contribution is -0.122. The van der Waals surface area contributed by atoms with Crippen LogP contribution in [0.5, 0.6) is 0 Å². The molecule has 10 heteroatoms. The number of esters is 1. The molecule has 0 radical (unpaired) electrons. The number of hydrogen-bond acceptors (Lipinski definition) is 7. The zero-order valence-corrected chi connectivity index (χ0v) is 22.9. The van der Waals surface area contributed by atoms with Crippen LogP contribution in [0.15, 0.2) is 30.6 Å². The number of rotatable bonds is 4. The normalized spacial score (nSPS) is 26.5. The summed E-state index contributed by atoms with van der Waals surface area (Å²) in [5, 5.41) is 12.6. The standard InChI is InChI=1S/C28H34FN3O5S/c1-16-11-19(21-5-8-30-26-24(21)22(13-31-26)27(33)37-4)12-23(29)25(16)28(34)17(2)14-32(15-18(28)3)20-6-9-38(35,36)10-7-20/h5,8,11-13,17-18,20,34H,6-7,9-10,14-15H2,1-4H3,(H,30,31)/t17-,18+,28?. The van der Waals surface area contributed by atoms with Crippen LogP contribution in [-0.2, 0) is 20.2 Å². The fourth-order valence-corrected chi connectivity index (χ4v) is 8.02. The maximum Gasteiger partial charge on any atom is 0.340 e. The van der Waals surface area contributed by atoms with Gasteiger partial charge in [-0.15, -0.1) is 0 Å². The second-order valence-corrected chi connectivity index (χ2v) is 13.2. The zero-order chi connectivity index (χ0) is 27.4. The van der Waals surface area contributed by atoms with Crippen LogP contribution in [0, 0.1) is 24.6 Å². The van der Waals surface area contributed by atoms with Crippen molar-refractivity contribution in [3.63, 3.8) is 0 Å². The van der Waals surface area contributed by atoms with Crippen molar-refractivity contribution in [2.24, 2.45) is 11.8 Å². The molecule has 0 aliphatic carbocycles. The van der Waals surface area contributed by atoms with E-state index in [0.717, 1.165) is 0 Å². The Labute approximate surface area is 222 Å². The number of halogens is 1. The highest BCUT2D eigenvalue weighted by Gasteiger charge is 2.49. The molecule has 3 atom stereocenters. The highest BCUT2D eigenvalue weighted by Crippen LogP contribution is 2.46. The molecule has 4 heterocycles. The number of methoxy groups -OCH3 is 1. The number of aryl methyl sites for hydroxylation is 1. The molecular weight excluding hydrogens is 509 g/mol. The van der Waals surface area contributed by atoms with Gasteiger partial charge in [0.05, 0.1) is 24.2 Å². The second-order valence-electron chi connectivity index (χ2n) is 10.9. The number of benzene rings is 1. The molecule has 2 fully saturated rings. The van der Waals surface area contributed by atoms with Crippen molar-refractivity contribution < 1.29 is 27.4 Å².